The van der Waals surface area contributed by atoms with Crippen molar-refractivity contribution in [1.82, 2.24) is 0 Å². The molecule has 2 aliphatic rings. The highest BCUT2D eigenvalue weighted by Gasteiger charge is 2.37. The van der Waals surface area contributed by atoms with Crippen molar-refractivity contribution in [2.75, 3.05) is 0 Å². The number of rotatable bonds is 2. The molecule has 4 nitrogen and oxygen atoms in total. The van der Waals surface area contributed by atoms with Gasteiger partial charge in [-0.25, -0.2) is 9.13 Å². The number of aliphatic imine (C=N–C) groups is 2. The Morgan fingerprint density at radius 1 is 0.727 bits per heavy atom. The van der Waals surface area contributed by atoms with Gasteiger partial charge in [0.1, 0.15) is 34.9 Å². The molecule has 6 heteroatoms. The standard InChI is InChI=1S/C16H16N4S2/c1-19-7-3-11(4-8-19)13-17-15-16(21-13)18-14(22-15)12-5-9-20(2)10-6-12/h3-10,15-16H,1-2H3/q+2. The van der Waals surface area contributed by atoms with Crippen molar-refractivity contribution in [2.24, 2.45) is 24.1 Å². The van der Waals surface area contributed by atoms with Crippen molar-refractivity contribution in [2.45, 2.75) is 10.7 Å². The van der Waals surface area contributed by atoms with Crippen molar-refractivity contribution in [1.29, 1.82) is 0 Å². The number of aromatic nitrogens is 2. The lowest BCUT2D eigenvalue weighted by Gasteiger charge is -2.01. The van der Waals surface area contributed by atoms with Gasteiger partial charge in [-0.15, -0.1) is 0 Å². The van der Waals surface area contributed by atoms with Crippen molar-refractivity contribution < 1.29 is 9.13 Å². The van der Waals surface area contributed by atoms with Crippen LogP contribution >= 0.6 is 23.5 Å². The normalized spacial score (nSPS) is 23.2. The summed E-state index contributed by atoms with van der Waals surface area (Å²) in [6.07, 6.45) is 8.22. The Morgan fingerprint density at radius 3 is 1.45 bits per heavy atom. The fourth-order valence-electron chi connectivity index (χ4n) is 2.39. The van der Waals surface area contributed by atoms with E-state index < -0.39 is 0 Å². The minimum atomic E-state index is 0.206. The van der Waals surface area contributed by atoms with E-state index in [1.54, 1.807) is 23.5 Å². The summed E-state index contributed by atoms with van der Waals surface area (Å²) in [5.74, 6) is 0. The van der Waals surface area contributed by atoms with E-state index in [0.717, 1.165) is 10.1 Å². The first kappa shape index (κ1) is 14.0. The summed E-state index contributed by atoms with van der Waals surface area (Å²) in [5, 5.41) is 2.62. The van der Waals surface area contributed by atoms with Crippen LogP contribution in [0.3, 0.4) is 0 Å². The van der Waals surface area contributed by atoms with E-state index in [9.17, 15) is 0 Å². The van der Waals surface area contributed by atoms with Crippen LogP contribution in [-0.2, 0) is 14.1 Å². The van der Waals surface area contributed by atoms with Crippen molar-refractivity contribution in [3.8, 4) is 0 Å². The molecular formula is C16H16N4S2+2. The average molecular weight is 328 g/mol. The summed E-state index contributed by atoms with van der Waals surface area (Å²) in [6, 6.07) is 8.44. The summed E-state index contributed by atoms with van der Waals surface area (Å²) in [7, 11) is 4.04. The molecule has 2 aromatic heterocycles. The van der Waals surface area contributed by atoms with E-state index in [-0.39, 0.29) is 10.7 Å². The summed E-state index contributed by atoms with van der Waals surface area (Å²) in [6.45, 7) is 0. The Bertz CT molecular complexity index is 698. The van der Waals surface area contributed by atoms with E-state index in [1.165, 1.54) is 11.1 Å². The third kappa shape index (κ3) is 2.57. The van der Waals surface area contributed by atoms with Gasteiger partial charge in [0, 0.05) is 35.4 Å². The van der Waals surface area contributed by atoms with Gasteiger partial charge in [-0.3, -0.25) is 9.98 Å². The van der Waals surface area contributed by atoms with Gasteiger partial charge in [-0.05, 0) is 0 Å². The Labute approximate surface area is 138 Å². The molecule has 0 saturated heterocycles. The van der Waals surface area contributed by atoms with Gasteiger partial charge in [0.05, 0.1) is 0 Å². The van der Waals surface area contributed by atoms with Crippen LogP contribution in [0.4, 0.5) is 0 Å². The first-order valence-corrected chi connectivity index (χ1v) is 8.85. The minimum Gasteiger partial charge on any atom is -0.260 e. The maximum Gasteiger partial charge on any atom is 0.169 e. The first-order chi connectivity index (χ1) is 10.7. The van der Waals surface area contributed by atoms with Crippen molar-refractivity contribution in [3.63, 3.8) is 0 Å². The van der Waals surface area contributed by atoms with E-state index in [1.807, 2.05) is 23.2 Å². The molecule has 2 aromatic rings. The van der Waals surface area contributed by atoms with E-state index in [2.05, 4.69) is 49.1 Å². The lowest BCUT2D eigenvalue weighted by Crippen LogP contribution is -2.26. The Hall–Kier alpha value is -1.66. The van der Waals surface area contributed by atoms with Crippen LogP contribution in [0.2, 0.25) is 0 Å². The van der Waals surface area contributed by atoms with Gasteiger partial charge in [0.25, 0.3) is 0 Å². The summed E-state index contributed by atoms with van der Waals surface area (Å²) >= 11 is 3.54. The lowest BCUT2D eigenvalue weighted by molar-refractivity contribution is -0.671. The lowest BCUT2D eigenvalue weighted by atomic mass is 10.3. The number of pyridine rings is 2. The minimum absolute atomic E-state index is 0.206. The number of hydrogen-bond acceptors (Lipinski definition) is 4. The Kier molecular flexibility index (Phi) is 3.50. The quantitative estimate of drug-likeness (QED) is 0.786. The summed E-state index contributed by atoms with van der Waals surface area (Å²) in [5.41, 5.74) is 2.36. The molecule has 0 aliphatic carbocycles. The van der Waals surface area contributed by atoms with Gasteiger partial charge in [-0.1, -0.05) is 23.5 Å². The predicted octanol–water partition coefficient (Wildman–Crippen LogP) is 1.67. The number of nitrogens with zero attached hydrogens (tertiary/aromatic N) is 4. The Morgan fingerprint density at radius 2 is 1.09 bits per heavy atom. The smallest absolute Gasteiger partial charge is 0.169 e. The van der Waals surface area contributed by atoms with E-state index in [4.69, 9.17) is 9.98 Å². The molecule has 0 amide bonds. The van der Waals surface area contributed by atoms with Gasteiger partial charge >= 0.3 is 0 Å². The zero-order chi connectivity index (χ0) is 15.1. The molecule has 0 bridgehead atoms. The molecule has 22 heavy (non-hydrogen) atoms. The zero-order valence-electron chi connectivity index (χ0n) is 12.4. The first-order valence-electron chi connectivity index (χ1n) is 7.09. The molecule has 0 N–H and O–H groups in total. The topological polar surface area (TPSA) is 32.5 Å². The van der Waals surface area contributed by atoms with E-state index >= 15 is 0 Å². The van der Waals surface area contributed by atoms with Crippen LogP contribution in [0.25, 0.3) is 0 Å². The fourth-order valence-corrected chi connectivity index (χ4v) is 4.88. The third-order valence-corrected chi connectivity index (χ3v) is 6.16. The number of fused-ring (bicyclic) bond motifs is 1. The molecule has 0 aromatic carbocycles. The molecule has 0 radical (unpaired) electrons. The van der Waals surface area contributed by atoms with Gasteiger partial charge < -0.3 is 0 Å². The highest BCUT2D eigenvalue weighted by molar-refractivity contribution is 8.20. The monoisotopic (exact) mass is 328 g/mol. The fraction of sp³-hybridized carbons (Fsp3) is 0.250. The second-order valence-corrected chi connectivity index (χ2v) is 7.60. The summed E-state index contributed by atoms with van der Waals surface area (Å²) < 4.78 is 4.07. The molecule has 0 spiro atoms. The average Bonchev–Trinajstić information content (AvgIpc) is 3.07. The van der Waals surface area contributed by atoms with Crippen LogP contribution < -0.4 is 9.13 Å². The number of hydrogen-bond donors (Lipinski definition) is 0. The Balaban J connectivity index is 1.53. The van der Waals surface area contributed by atoms with E-state index in [0.29, 0.717) is 0 Å². The maximum absolute atomic E-state index is 4.86. The predicted molar refractivity (Wildman–Crippen MR) is 91.1 cm³/mol. The molecule has 110 valence electrons. The van der Waals surface area contributed by atoms with Crippen molar-refractivity contribution >= 4 is 33.6 Å². The number of aryl methyl sites for hydroxylation is 2. The molecule has 0 saturated carbocycles. The summed E-state index contributed by atoms with van der Waals surface area (Å²) in [4.78, 5) is 9.71. The highest BCUT2D eigenvalue weighted by atomic mass is 32.2. The highest BCUT2D eigenvalue weighted by Crippen LogP contribution is 2.43. The third-order valence-electron chi connectivity index (χ3n) is 3.65. The van der Waals surface area contributed by atoms with Crippen LogP contribution in [0, 0.1) is 0 Å². The maximum atomic E-state index is 4.86. The second-order valence-electron chi connectivity index (χ2n) is 5.39. The zero-order valence-corrected chi connectivity index (χ0v) is 14.0. The molecule has 4 heterocycles. The number of thioether (sulfide) groups is 2. The van der Waals surface area contributed by atoms with Crippen molar-refractivity contribution in [3.05, 3.63) is 60.2 Å². The van der Waals surface area contributed by atoms with Crippen LogP contribution in [0.15, 0.2) is 59.0 Å². The van der Waals surface area contributed by atoms with Gasteiger partial charge in [-0.2, -0.15) is 0 Å². The van der Waals surface area contributed by atoms with Gasteiger partial charge in [0.2, 0.25) is 0 Å². The van der Waals surface area contributed by atoms with Crippen LogP contribution in [0.1, 0.15) is 11.1 Å². The molecule has 4 rings (SSSR count). The molecular weight excluding hydrogens is 312 g/mol. The largest absolute Gasteiger partial charge is 0.260 e. The molecule has 2 aliphatic heterocycles. The SMILES string of the molecule is C[n+]1ccc(C2=NC3SC(c4cc[n+](C)cc4)=NC3S2)cc1. The molecule has 0 fully saturated rings. The van der Waals surface area contributed by atoms with Crippen LogP contribution in [-0.4, -0.2) is 20.8 Å². The van der Waals surface area contributed by atoms with Crippen LogP contribution in [0.5, 0.6) is 0 Å². The molecule has 2 atom stereocenters. The van der Waals surface area contributed by atoms with Gasteiger partial charge in [0.15, 0.2) is 24.8 Å². The second kappa shape index (κ2) is 5.52. The molecule has 2 unspecified atom stereocenters.